The van der Waals surface area contributed by atoms with Crippen LogP contribution in [0.1, 0.15) is 25.0 Å². The van der Waals surface area contributed by atoms with Crippen LogP contribution < -0.4 is 0 Å². The second-order valence-corrected chi connectivity index (χ2v) is 9.78. The Labute approximate surface area is 207 Å². The molecule has 2 aliphatic rings. The van der Waals surface area contributed by atoms with Gasteiger partial charge in [0.25, 0.3) is 0 Å². The van der Waals surface area contributed by atoms with Gasteiger partial charge in [-0.1, -0.05) is 60.7 Å². The molecular weight excluding hydrogens is 472 g/mol. The maximum absolute atomic E-state index is 13.7. The molecule has 2 heterocycles. The van der Waals surface area contributed by atoms with Crippen LogP contribution in [0.3, 0.4) is 0 Å². The van der Waals surface area contributed by atoms with Crippen LogP contribution in [-0.2, 0) is 52.5 Å². The summed E-state index contributed by atoms with van der Waals surface area (Å²) >= 11 is 0. The summed E-state index contributed by atoms with van der Waals surface area (Å²) in [5.41, 5.74) is 1.84. The van der Waals surface area contributed by atoms with Crippen molar-refractivity contribution >= 4 is 16.8 Å². The molecule has 8 nitrogen and oxygen atoms in total. The molecule has 0 aromatic heterocycles. The van der Waals surface area contributed by atoms with Crippen molar-refractivity contribution in [2.45, 2.75) is 56.9 Å². The van der Waals surface area contributed by atoms with Crippen molar-refractivity contribution in [1.82, 2.24) is 0 Å². The Morgan fingerprint density at radius 1 is 0.971 bits per heavy atom. The monoisotopic (exact) mass is 502 g/mol. The van der Waals surface area contributed by atoms with E-state index in [9.17, 15) is 14.1 Å². The quantitative estimate of drug-likeness (QED) is 0.523. The first-order valence-electron chi connectivity index (χ1n) is 11.6. The van der Waals surface area contributed by atoms with Gasteiger partial charge in [-0.05, 0) is 25.0 Å². The molecule has 6 unspecified atom stereocenters. The van der Waals surface area contributed by atoms with Crippen molar-refractivity contribution in [3.63, 3.8) is 0 Å². The van der Waals surface area contributed by atoms with Crippen LogP contribution in [0.5, 0.6) is 0 Å². The number of hydrogen-bond donors (Lipinski definition) is 1. The average molecular weight is 503 g/mol. The van der Waals surface area contributed by atoms with Gasteiger partial charge >= 0.3 is 5.97 Å². The van der Waals surface area contributed by atoms with E-state index in [0.717, 1.165) is 11.1 Å². The maximum Gasteiger partial charge on any atom is 0.350 e. The zero-order chi connectivity index (χ0) is 24.8. The molecule has 2 aliphatic heterocycles. The normalized spacial score (nSPS) is 28.2. The molecule has 0 saturated carbocycles. The third-order valence-corrected chi connectivity index (χ3v) is 7.70. The molecule has 6 atom stereocenters. The van der Waals surface area contributed by atoms with E-state index in [1.54, 1.807) is 13.8 Å². The maximum atomic E-state index is 13.7. The molecule has 0 amide bonds. The van der Waals surface area contributed by atoms with E-state index < -0.39 is 46.6 Å². The zero-order valence-corrected chi connectivity index (χ0v) is 20.5. The van der Waals surface area contributed by atoms with Gasteiger partial charge in [0.05, 0.1) is 37.2 Å². The van der Waals surface area contributed by atoms with Crippen LogP contribution in [-0.4, -0.2) is 58.4 Å². The number of carbonyl (C=O) groups is 1. The van der Waals surface area contributed by atoms with Crippen LogP contribution >= 0.6 is 0 Å². The average Bonchev–Trinajstić information content (AvgIpc) is 2.87. The van der Waals surface area contributed by atoms with Gasteiger partial charge in [0, 0.05) is 0 Å². The highest BCUT2D eigenvalue weighted by Crippen LogP contribution is 2.38. The van der Waals surface area contributed by atoms with E-state index >= 15 is 0 Å². The van der Waals surface area contributed by atoms with Gasteiger partial charge < -0.3 is 28.8 Å². The number of esters is 1. The Bertz CT molecular complexity index is 1040. The minimum atomic E-state index is -1.86. The van der Waals surface area contributed by atoms with E-state index in [4.69, 9.17) is 23.7 Å². The van der Waals surface area contributed by atoms with Crippen molar-refractivity contribution in [2.75, 3.05) is 13.2 Å². The number of aliphatic hydroxyl groups is 1. The summed E-state index contributed by atoms with van der Waals surface area (Å²) < 4.78 is 43.2. The van der Waals surface area contributed by atoms with Crippen LogP contribution in [0.4, 0.5) is 0 Å². The Hall–Kier alpha value is -2.56. The van der Waals surface area contributed by atoms with E-state index in [1.807, 2.05) is 60.7 Å². The molecule has 0 aliphatic carbocycles. The summed E-state index contributed by atoms with van der Waals surface area (Å²) in [6.45, 7) is 3.47. The predicted octanol–water partition coefficient (Wildman–Crippen LogP) is 2.82. The lowest BCUT2D eigenvalue weighted by molar-refractivity contribution is -0.264. The molecule has 188 valence electrons. The molecule has 0 spiro atoms. The summed E-state index contributed by atoms with van der Waals surface area (Å²) in [7, 11) is -1.86. The fraction of sp³-hybridized carbons (Fsp3) is 0.423. The van der Waals surface area contributed by atoms with Crippen LogP contribution in [0.15, 0.2) is 71.3 Å². The highest BCUT2D eigenvalue weighted by atomic mass is 32.2. The number of rotatable bonds is 9. The third kappa shape index (κ3) is 5.82. The summed E-state index contributed by atoms with van der Waals surface area (Å²) in [5, 5.41) is 9.25. The van der Waals surface area contributed by atoms with Crippen molar-refractivity contribution in [3.05, 3.63) is 82.5 Å². The van der Waals surface area contributed by atoms with Gasteiger partial charge in [-0.15, -0.1) is 0 Å². The van der Waals surface area contributed by atoms with Crippen LogP contribution in [0.25, 0.3) is 0 Å². The molecule has 0 bridgehead atoms. The number of benzene rings is 2. The molecule has 2 aromatic carbocycles. The van der Waals surface area contributed by atoms with Crippen molar-refractivity contribution in [2.24, 2.45) is 0 Å². The molecule has 1 fully saturated rings. The second-order valence-electron chi connectivity index (χ2n) is 8.23. The van der Waals surface area contributed by atoms with Gasteiger partial charge in [0.2, 0.25) is 6.29 Å². The summed E-state index contributed by atoms with van der Waals surface area (Å²) in [4.78, 5) is 12.5. The first-order chi connectivity index (χ1) is 17.0. The van der Waals surface area contributed by atoms with E-state index in [-0.39, 0.29) is 37.1 Å². The van der Waals surface area contributed by atoms with Gasteiger partial charge in [-0.25, -0.2) is 4.79 Å². The summed E-state index contributed by atoms with van der Waals surface area (Å²) in [6, 6.07) is 19.1. The molecule has 1 N–H and O–H groups in total. The Kier molecular flexibility index (Phi) is 8.69. The van der Waals surface area contributed by atoms with Crippen LogP contribution in [0.2, 0.25) is 0 Å². The number of hydrogen-bond acceptors (Lipinski definition) is 8. The number of allylic oxidation sites excluding steroid dienone is 1. The van der Waals surface area contributed by atoms with Crippen molar-refractivity contribution in [3.8, 4) is 0 Å². The SMILES string of the molecule is CCOC(=O)C1=C(C)OC2OC(CO)C(OCc3ccccc3)C(OCc3ccccc3)C2S1=O. The fourth-order valence-corrected chi connectivity index (χ4v) is 5.82. The molecule has 2 aromatic rings. The summed E-state index contributed by atoms with van der Waals surface area (Å²) in [6.07, 6.45) is -3.33. The minimum Gasteiger partial charge on any atom is -0.467 e. The largest absolute Gasteiger partial charge is 0.467 e. The Balaban J connectivity index is 1.65. The molecule has 9 heteroatoms. The summed E-state index contributed by atoms with van der Waals surface area (Å²) in [5.74, 6) is -0.528. The molecule has 0 radical (unpaired) electrons. The zero-order valence-electron chi connectivity index (χ0n) is 19.7. The lowest BCUT2D eigenvalue weighted by Gasteiger charge is -2.46. The first kappa shape index (κ1) is 25.5. The highest BCUT2D eigenvalue weighted by Gasteiger charge is 2.55. The smallest absolute Gasteiger partial charge is 0.350 e. The predicted molar refractivity (Wildman–Crippen MR) is 128 cm³/mol. The molecule has 4 rings (SSSR count). The fourth-order valence-electron chi connectivity index (χ4n) is 4.20. The molecular formula is C26H30O8S. The highest BCUT2D eigenvalue weighted by molar-refractivity contribution is 7.90. The number of ether oxygens (including phenoxy) is 5. The van der Waals surface area contributed by atoms with E-state index in [0.29, 0.717) is 0 Å². The number of fused-ring (bicyclic) bond motifs is 1. The molecule has 35 heavy (non-hydrogen) atoms. The standard InChI is InChI=1S/C26H30O8S/c1-3-30-25(28)23-17(2)33-26-24(35(23)29)22(32-16-19-12-8-5-9-13-19)21(20(14-27)34-26)31-15-18-10-6-4-7-11-18/h4-13,20-22,24,26-27H,3,14-16H2,1-2H3. The second kappa shape index (κ2) is 11.9. The van der Waals surface area contributed by atoms with E-state index in [2.05, 4.69) is 0 Å². The third-order valence-electron chi connectivity index (χ3n) is 5.86. The molecule has 1 saturated heterocycles. The van der Waals surface area contributed by atoms with Gasteiger partial charge in [0.1, 0.15) is 29.3 Å². The van der Waals surface area contributed by atoms with Gasteiger partial charge in [0.15, 0.2) is 4.91 Å². The topological polar surface area (TPSA) is 101 Å². The first-order valence-corrected chi connectivity index (χ1v) is 12.8. The van der Waals surface area contributed by atoms with Gasteiger partial charge in [-0.3, -0.25) is 4.21 Å². The van der Waals surface area contributed by atoms with E-state index in [1.165, 1.54) is 0 Å². The van der Waals surface area contributed by atoms with Crippen LogP contribution in [0, 0.1) is 0 Å². The minimum absolute atomic E-state index is 0.0470. The van der Waals surface area contributed by atoms with Crippen molar-refractivity contribution < 1.29 is 37.8 Å². The number of carbonyl (C=O) groups excluding carboxylic acids is 1. The Morgan fingerprint density at radius 3 is 2.09 bits per heavy atom. The van der Waals surface area contributed by atoms with Crippen molar-refractivity contribution in [1.29, 1.82) is 0 Å². The lowest BCUT2D eigenvalue weighted by atomic mass is 10.00. The number of aliphatic hydroxyl groups excluding tert-OH is 1. The van der Waals surface area contributed by atoms with Gasteiger partial charge in [-0.2, -0.15) is 0 Å². The lowest BCUT2D eigenvalue weighted by Crippen LogP contribution is -2.63. The Morgan fingerprint density at radius 2 is 1.54 bits per heavy atom.